The highest BCUT2D eigenvalue weighted by molar-refractivity contribution is 6.23. The Bertz CT molecular complexity index is 1480. The van der Waals surface area contributed by atoms with Crippen molar-refractivity contribution in [1.82, 2.24) is 20.4 Å². The number of nitrogens with one attached hydrogen (secondary N) is 2. The quantitative estimate of drug-likeness (QED) is 0.319. The topological polar surface area (TPSA) is 136 Å². The lowest BCUT2D eigenvalue weighted by molar-refractivity contribution is -0.147. The summed E-state index contributed by atoms with van der Waals surface area (Å²) in [4.78, 5) is 68.0. The van der Waals surface area contributed by atoms with E-state index in [1.165, 1.54) is 4.90 Å². The Kier molecular flexibility index (Phi) is 8.35. The molecule has 4 amide bonds. The van der Waals surface area contributed by atoms with Crippen LogP contribution in [0, 0.1) is 5.92 Å². The molecule has 0 aliphatic carbocycles. The summed E-state index contributed by atoms with van der Waals surface area (Å²) in [5.41, 5.74) is 1.25. The van der Waals surface area contributed by atoms with E-state index in [0.717, 1.165) is 15.7 Å². The summed E-state index contributed by atoms with van der Waals surface area (Å²) < 4.78 is 0. The first-order chi connectivity index (χ1) is 20.2. The molecule has 10 nitrogen and oxygen atoms in total. The number of carbonyl (C=O) groups excluding carboxylic acids is 4. The number of carbonyl (C=O) groups is 5. The van der Waals surface area contributed by atoms with Crippen LogP contribution in [0.5, 0.6) is 0 Å². The molecule has 2 heterocycles. The highest BCUT2D eigenvalue weighted by Crippen LogP contribution is 2.29. The highest BCUT2D eigenvalue weighted by Gasteiger charge is 2.40. The number of benzene rings is 3. The molecule has 1 fully saturated rings. The molecule has 5 rings (SSSR count). The van der Waals surface area contributed by atoms with Crippen LogP contribution in [-0.2, 0) is 14.4 Å². The molecule has 2 aliphatic heterocycles. The minimum atomic E-state index is -1.21. The monoisotopic (exact) mass is 570 g/mol. The van der Waals surface area contributed by atoms with E-state index in [1.54, 1.807) is 36.4 Å². The fraction of sp³-hybridized carbons (Fsp3) is 0.344. The van der Waals surface area contributed by atoms with Gasteiger partial charge in [0.05, 0.1) is 17.2 Å². The molecule has 42 heavy (non-hydrogen) atoms. The predicted octanol–water partition coefficient (Wildman–Crippen LogP) is 2.98. The first kappa shape index (κ1) is 28.9. The fourth-order valence-electron chi connectivity index (χ4n) is 5.74. The number of hydrogen-bond donors (Lipinski definition) is 3. The van der Waals surface area contributed by atoms with Crippen molar-refractivity contribution in [3.63, 3.8) is 0 Å². The standard InChI is InChI=1S/C32H34N4O6/c1-19(2)16-26(31(40)35-15-13-33-28(37)27(35)20-8-4-3-5-9-20)34-25(32(41)42)12-14-36-29(38)23-17-21-10-6-7-11-22(21)18-24(23)30(36)39/h3-11,17-19,25-27,34H,12-16H2,1-2H3,(H,33,37)(H,41,42)/t25-,26+,27+/m1/s1. The van der Waals surface area contributed by atoms with Crippen LogP contribution < -0.4 is 10.6 Å². The van der Waals surface area contributed by atoms with Gasteiger partial charge in [0.25, 0.3) is 11.8 Å². The summed E-state index contributed by atoms with van der Waals surface area (Å²) in [5.74, 6) is -2.76. The molecule has 0 radical (unpaired) electrons. The molecule has 3 aromatic carbocycles. The van der Waals surface area contributed by atoms with Gasteiger partial charge in [-0.3, -0.25) is 34.2 Å². The largest absolute Gasteiger partial charge is 0.480 e. The number of carboxylic acid groups (broad SMARTS) is 1. The zero-order valence-corrected chi connectivity index (χ0v) is 23.6. The molecule has 3 atom stereocenters. The van der Waals surface area contributed by atoms with Crippen LogP contribution in [0.3, 0.4) is 0 Å². The summed E-state index contributed by atoms with van der Waals surface area (Å²) in [5, 5.41) is 17.6. The van der Waals surface area contributed by atoms with E-state index in [4.69, 9.17) is 0 Å². The van der Waals surface area contributed by atoms with Gasteiger partial charge < -0.3 is 15.3 Å². The summed E-state index contributed by atoms with van der Waals surface area (Å²) in [6.07, 6.45) is 0.243. The molecule has 0 spiro atoms. The van der Waals surface area contributed by atoms with Crippen molar-refractivity contribution in [3.05, 3.63) is 83.4 Å². The molecule has 0 unspecified atom stereocenters. The Hall–Kier alpha value is -4.57. The number of hydrogen-bond acceptors (Lipinski definition) is 6. The van der Waals surface area contributed by atoms with Crippen molar-refractivity contribution < 1.29 is 29.1 Å². The van der Waals surface area contributed by atoms with Gasteiger partial charge in [-0.2, -0.15) is 0 Å². The second kappa shape index (κ2) is 12.1. The van der Waals surface area contributed by atoms with Crippen molar-refractivity contribution in [2.45, 2.75) is 44.8 Å². The minimum absolute atomic E-state index is 0.0417. The van der Waals surface area contributed by atoms with Crippen LogP contribution in [-0.4, -0.2) is 76.2 Å². The highest BCUT2D eigenvalue weighted by atomic mass is 16.4. The van der Waals surface area contributed by atoms with E-state index < -0.39 is 35.9 Å². The Balaban J connectivity index is 1.33. The average molecular weight is 571 g/mol. The van der Waals surface area contributed by atoms with Crippen molar-refractivity contribution in [1.29, 1.82) is 0 Å². The smallest absolute Gasteiger partial charge is 0.320 e. The van der Waals surface area contributed by atoms with Crippen molar-refractivity contribution in [2.75, 3.05) is 19.6 Å². The van der Waals surface area contributed by atoms with Gasteiger partial charge in [0.15, 0.2) is 0 Å². The molecule has 3 aromatic rings. The third kappa shape index (κ3) is 5.75. The first-order valence-corrected chi connectivity index (χ1v) is 14.2. The number of carboxylic acids is 1. The minimum Gasteiger partial charge on any atom is -0.480 e. The molecule has 0 bridgehead atoms. The Morgan fingerprint density at radius 1 is 0.929 bits per heavy atom. The molecule has 218 valence electrons. The van der Waals surface area contributed by atoms with Gasteiger partial charge in [-0.25, -0.2) is 0 Å². The van der Waals surface area contributed by atoms with Crippen LogP contribution in [0.2, 0.25) is 0 Å². The maximum absolute atomic E-state index is 13.9. The lowest BCUT2D eigenvalue weighted by atomic mass is 9.97. The second-order valence-electron chi connectivity index (χ2n) is 11.2. The third-order valence-corrected chi connectivity index (χ3v) is 7.79. The fourth-order valence-corrected chi connectivity index (χ4v) is 5.74. The van der Waals surface area contributed by atoms with Crippen LogP contribution in [0.15, 0.2) is 66.7 Å². The summed E-state index contributed by atoms with van der Waals surface area (Å²) >= 11 is 0. The van der Waals surface area contributed by atoms with E-state index in [-0.39, 0.29) is 37.2 Å². The number of amides is 4. The van der Waals surface area contributed by atoms with Gasteiger partial charge >= 0.3 is 5.97 Å². The third-order valence-electron chi connectivity index (χ3n) is 7.79. The van der Waals surface area contributed by atoms with Gasteiger partial charge in [0.2, 0.25) is 11.8 Å². The Morgan fingerprint density at radius 3 is 2.10 bits per heavy atom. The van der Waals surface area contributed by atoms with Gasteiger partial charge in [-0.15, -0.1) is 0 Å². The zero-order valence-electron chi connectivity index (χ0n) is 23.6. The predicted molar refractivity (Wildman–Crippen MR) is 156 cm³/mol. The lowest BCUT2D eigenvalue weighted by Gasteiger charge is -2.38. The van der Waals surface area contributed by atoms with Gasteiger partial charge in [-0.05, 0) is 47.2 Å². The van der Waals surface area contributed by atoms with Crippen LogP contribution >= 0.6 is 0 Å². The molecular formula is C32H34N4O6. The number of fused-ring (bicyclic) bond motifs is 2. The molecule has 10 heteroatoms. The van der Waals surface area contributed by atoms with Crippen LogP contribution in [0.25, 0.3) is 10.8 Å². The molecule has 2 aliphatic rings. The molecule has 0 saturated carbocycles. The number of imide groups is 1. The molecule has 1 saturated heterocycles. The molecular weight excluding hydrogens is 536 g/mol. The van der Waals surface area contributed by atoms with Crippen LogP contribution in [0.1, 0.15) is 59.0 Å². The summed E-state index contributed by atoms with van der Waals surface area (Å²) in [6, 6.07) is 16.9. The SMILES string of the molecule is CC(C)C[C@H](N[C@H](CCN1C(=O)c2cc3ccccc3cc2C1=O)C(=O)O)C(=O)N1CCNC(=O)[C@@H]1c1ccccc1. The summed E-state index contributed by atoms with van der Waals surface area (Å²) in [6.45, 7) is 4.30. The lowest BCUT2D eigenvalue weighted by Crippen LogP contribution is -2.59. The number of piperazine rings is 1. The molecule has 0 aromatic heterocycles. The van der Waals surface area contributed by atoms with E-state index in [0.29, 0.717) is 29.7 Å². The van der Waals surface area contributed by atoms with Gasteiger partial charge in [0, 0.05) is 19.6 Å². The van der Waals surface area contributed by atoms with Gasteiger partial charge in [0.1, 0.15) is 12.1 Å². The van der Waals surface area contributed by atoms with Gasteiger partial charge in [-0.1, -0.05) is 68.4 Å². The second-order valence-corrected chi connectivity index (χ2v) is 11.2. The summed E-state index contributed by atoms with van der Waals surface area (Å²) in [7, 11) is 0. The van der Waals surface area contributed by atoms with E-state index in [2.05, 4.69) is 10.6 Å². The van der Waals surface area contributed by atoms with Crippen molar-refractivity contribution in [2.24, 2.45) is 5.92 Å². The maximum Gasteiger partial charge on any atom is 0.320 e. The zero-order chi connectivity index (χ0) is 30.0. The van der Waals surface area contributed by atoms with E-state index >= 15 is 0 Å². The van der Waals surface area contributed by atoms with Crippen molar-refractivity contribution in [3.8, 4) is 0 Å². The van der Waals surface area contributed by atoms with Crippen LogP contribution in [0.4, 0.5) is 0 Å². The van der Waals surface area contributed by atoms with E-state index in [9.17, 15) is 29.1 Å². The Morgan fingerprint density at radius 2 is 1.52 bits per heavy atom. The molecule has 3 N–H and O–H groups in total. The number of nitrogens with zero attached hydrogens (tertiary/aromatic N) is 2. The number of aliphatic carboxylic acids is 1. The van der Waals surface area contributed by atoms with Crippen molar-refractivity contribution >= 4 is 40.4 Å². The first-order valence-electron chi connectivity index (χ1n) is 14.2. The average Bonchev–Trinajstić information content (AvgIpc) is 3.20. The number of rotatable bonds is 10. The Labute approximate surface area is 243 Å². The van der Waals surface area contributed by atoms with E-state index in [1.807, 2.05) is 44.2 Å². The maximum atomic E-state index is 13.9. The normalized spacial score (nSPS) is 18.3.